The minimum atomic E-state index is -0.745. The molecule has 2 N–H and O–H groups in total. The molecule has 1 aromatic heterocycles. The molecular formula is C40H44N4O5. The van der Waals surface area contributed by atoms with E-state index in [0.29, 0.717) is 47.8 Å². The first-order valence-electron chi connectivity index (χ1n) is 16.8. The predicted octanol–water partition coefficient (Wildman–Crippen LogP) is 5.26. The Morgan fingerprint density at radius 1 is 0.857 bits per heavy atom. The number of amides is 1. The number of rotatable bonds is 14. The van der Waals surface area contributed by atoms with E-state index < -0.39 is 6.10 Å². The van der Waals surface area contributed by atoms with Crippen molar-refractivity contribution in [2.24, 2.45) is 0 Å². The maximum Gasteiger partial charge on any atom is 0.254 e. The summed E-state index contributed by atoms with van der Waals surface area (Å²) in [5.74, 6) is 2.06. The summed E-state index contributed by atoms with van der Waals surface area (Å²) in [6.45, 7) is 4.17. The zero-order valence-corrected chi connectivity index (χ0v) is 27.9. The number of ether oxygens (including phenoxy) is 2. The number of aliphatic hydroxyl groups excluding tert-OH is 2. The van der Waals surface area contributed by atoms with Crippen molar-refractivity contribution in [1.29, 1.82) is 0 Å². The number of hydrogen-bond donors (Lipinski definition) is 2. The van der Waals surface area contributed by atoms with Gasteiger partial charge in [-0.25, -0.2) is 0 Å². The van der Waals surface area contributed by atoms with E-state index in [1.165, 1.54) is 0 Å². The van der Waals surface area contributed by atoms with Gasteiger partial charge in [-0.3, -0.25) is 14.7 Å². The monoisotopic (exact) mass is 660 g/mol. The normalized spacial score (nSPS) is 14.9. The van der Waals surface area contributed by atoms with Crippen LogP contribution in [0, 0.1) is 0 Å². The summed E-state index contributed by atoms with van der Waals surface area (Å²) in [5.41, 5.74) is 3.46. The second kappa shape index (κ2) is 16.5. The smallest absolute Gasteiger partial charge is 0.254 e. The molecule has 0 bridgehead atoms. The Kier molecular flexibility index (Phi) is 11.5. The molecule has 1 fully saturated rings. The molecule has 2 atom stereocenters. The van der Waals surface area contributed by atoms with Gasteiger partial charge in [-0.2, -0.15) is 0 Å². The van der Waals surface area contributed by atoms with Crippen LogP contribution in [0.1, 0.15) is 21.5 Å². The van der Waals surface area contributed by atoms with Crippen molar-refractivity contribution in [3.63, 3.8) is 0 Å². The molecule has 9 nitrogen and oxygen atoms in total. The Balaban J connectivity index is 1.11. The summed E-state index contributed by atoms with van der Waals surface area (Å²) in [5, 5.41) is 22.3. The van der Waals surface area contributed by atoms with Crippen molar-refractivity contribution in [2.45, 2.75) is 25.1 Å². The molecule has 49 heavy (non-hydrogen) atoms. The van der Waals surface area contributed by atoms with E-state index in [4.69, 9.17) is 9.47 Å². The zero-order valence-electron chi connectivity index (χ0n) is 27.9. The third-order valence-electron chi connectivity index (χ3n) is 8.95. The largest absolute Gasteiger partial charge is 0.491 e. The van der Waals surface area contributed by atoms with Gasteiger partial charge in [0.15, 0.2) is 0 Å². The van der Waals surface area contributed by atoms with Gasteiger partial charge in [0.2, 0.25) is 0 Å². The summed E-state index contributed by atoms with van der Waals surface area (Å²) in [7, 11) is 2.07. The molecule has 1 amide bonds. The quantitative estimate of drug-likeness (QED) is 0.167. The van der Waals surface area contributed by atoms with Gasteiger partial charge in [0, 0.05) is 62.5 Å². The first kappa shape index (κ1) is 34.1. The second-order valence-corrected chi connectivity index (χ2v) is 12.6. The van der Waals surface area contributed by atoms with Crippen molar-refractivity contribution in [2.75, 3.05) is 53.0 Å². The maximum atomic E-state index is 13.1. The number of aliphatic hydroxyl groups is 2. The van der Waals surface area contributed by atoms with Gasteiger partial charge < -0.3 is 29.5 Å². The van der Waals surface area contributed by atoms with Crippen molar-refractivity contribution < 1.29 is 24.5 Å². The highest BCUT2D eigenvalue weighted by Gasteiger charge is 2.23. The fourth-order valence-corrected chi connectivity index (χ4v) is 6.13. The van der Waals surface area contributed by atoms with Crippen molar-refractivity contribution >= 4 is 16.8 Å². The molecule has 0 unspecified atom stereocenters. The average Bonchev–Trinajstić information content (AvgIpc) is 3.14. The van der Waals surface area contributed by atoms with E-state index >= 15 is 0 Å². The number of carbonyl (C=O) groups excluding carboxylic acids is 1. The number of para-hydroxylation sites is 1. The Labute approximate surface area is 287 Å². The summed E-state index contributed by atoms with van der Waals surface area (Å²) in [6, 6.07) is 34.6. The lowest BCUT2D eigenvalue weighted by molar-refractivity contribution is 0.0335. The van der Waals surface area contributed by atoms with Gasteiger partial charge in [0.1, 0.15) is 30.0 Å². The lowest BCUT2D eigenvalue weighted by Crippen LogP contribution is -2.47. The minimum Gasteiger partial charge on any atom is -0.491 e. The lowest BCUT2D eigenvalue weighted by Gasteiger charge is -2.32. The molecule has 1 saturated heterocycles. The van der Waals surface area contributed by atoms with Gasteiger partial charge in [-0.1, -0.05) is 60.7 Å². The highest BCUT2D eigenvalue weighted by molar-refractivity contribution is 5.99. The van der Waals surface area contributed by atoms with E-state index in [1.807, 2.05) is 102 Å². The van der Waals surface area contributed by atoms with Crippen LogP contribution < -0.4 is 9.47 Å². The second-order valence-electron chi connectivity index (χ2n) is 12.6. The van der Waals surface area contributed by atoms with Crippen molar-refractivity contribution in [1.82, 2.24) is 19.7 Å². The predicted molar refractivity (Wildman–Crippen MR) is 191 cm³/mol. The molecule has 6 rings (SSSR count). The molecule has 4 aromatic carbocycles. The summed E-state index contributed by atoms with van der Waals surface area (Å²) in [6.07, 6.45) is 1.53. The number of likely N-dealkylation sites (N-methyl/N-ethyl adjacent to an activating group) is 1. The van der Waals surface area contributed by atoms with Crippen molar-refractivity contribution in [3.05, 3.63) is 132 Å². The van der Waals surface area contributed by atoms with Gasteiger partial charge in [-0.05, 0) is 73.1 Å². The lowest BCUT2D eigenvalue weighted by atomic mass is 10.0. The standard InChI is InChI=1S/C40H44N4O5/c1-42-20-22-43(23-21-42)40(47)32-14-17-37-38(25-32)41-19-18-39(37)49-36-15-12-30(13-16-36)24-33(28-45)44(26-31-8-4-2-5-9-31)27-34(46)29-48-35-10-6-3-7-11-35/h2-19,25,33-34,45-46H,20-24,26-29H2,1H3/t33-,34-/m0/s1. The molecule has 1 aliphatic heterocycles. The number of benzene rings is 4. The first-order chi connectivity index (χ1) is 23.9. The van der Waals surface area contributed by atoms with Crippen LogP contribution in [0.2, 0.25) is 0 Å². The van der Waals surface area contributed by atoms with Gasteiger partial charge >= 0.3 is 0 Å². The van der Waals surface area contributed by atoms with E-state index in [2.05, 4.69) is 34.0 Å². The van der Waals surface area contributed by atoms with Gasteiger partial charge in [-0.15, -0.1) is 0 Å². The first-order valence-corrected chi connectivity index (χ1v) is 16.8. The fourth-order valence-electron chi connectivity index (χ4n) is 6.13. The summed E-state index contributed by atoms with van der Waals surface area (Å²) >= 11 is 0. The molecule has 5 aromatic rings. The van der Waals surface area contributed by atoms with Crippen LogP contribution >= 0.6 is 0 Å². The highest BCUT2D eigenvalue weighted by Crippen LogP contribution is 2.30. The third kappa shape index (κ3) is 9.22. The molecule has 9 heteroatoms. The van der Waals surface area contributed by atoms with Gasteiger partial charge in [0.05, 0.1) is 12.1 Å². The molecule has 0 spiro atoms. The Morgan fingerprint density at radius 2 is 1.57 bits per heavy atom. The van der Waals surface area contributed by atoms with E-state index in [0.717, 1.165) is 42.7 Å². The van der Waals surface area contributed by atoms with Gasteiger partial charge in [0.25, 0.3) is 5.91 Å². The SMILES string of the molecule is CN1CCN(C(=O)c2ccc3c(Oc4ccc(C[C@@H](CO)N(Cc5ccccc5)C[C@H](O)COc5ccccc5)cc4)ccnc3c2)CC1. The van der Waals surface area contributed by atoms with Crippen LogP contribution in [0.5, 0.6) is 17.2 Å². The molecule has 0 saturated carbocycles. The number of aromatic nitrogens is 1. The molecular weight excluding hydrogens is 616 g/mol. The highest BCUT2D eigenvalue weighted by atomic mass is 16.5. The van der Waals surface area contributed by atoms with E-state index in [1.54, 1.807) is 6.20 Å². The number of pyridine rings is 1. The number of fused-ring (bicyclic) bond motifs is 1. The number of nitrogens with zero attached hydrogens (tertiary/aromatic N) is 4. The number of hydrogen-bond acceptors (Lipinski definition) is 8. The Bertz CT molecular complexity index is 1780. The van der Waals surface area contributed by atoms with Crippen LogP contribution in [0.3, 0.4) is 0 Å². The number of carbonyl (C=O) groups is 1. The number of piperazine rings is 1. The van der Waals surface area contributed by atoms with E-state index in [-0.39, 0.29) is 25.2 Å². The van der Waals surface area contributed by atoms with Crippen LogP contribution in [-0.2, 0) is 13.0 Å². The average molecular weight is 661 g/mol. The molecule has 0 aliphatic carbocycles. The van der Waals surface area contributed by atoms with Crippen LogP contribution in [0.15, 0.2) is 115 Å². The summed E-state index contributed by atoms with van der Waals surface area (Å²) < 4.78 is 12.1. The molecule has 1 aliphatic rings. The Morgan fingerprint density at radius 3 is 2.29 bits per heavy atom. The van der Waals surface area contributed by atoms with E-state index in [9.17, 15) is 15.0 Å². The van der Waals surface area contributed by atoms with Crippen molar-refractivity contribution in [3.8, 4) is 17.2 Å². The fraction of sp³-hybridized carbons (Fsp3) is 0.300. The maximum absolute atomic E-state index is 13.1. The molecule has 254 valence electrons. The minimum absolute atomic E-state index is 0.0252. The van der Waals surface area contributed by atoms with Crippen LogP contribution in [-0.4, -0.2) is 101 Å². The molecule has 2 heterocycles. The third-order valence-corrected chi connectivity index (χ3v) is 8.95. The Hall–Kier alpha value is -4.80. The molecule has 0 radical (unpaired) electrons. The zero-order chi connectivity index (χ0) is 34.0. The van der Waals surface area contributed by atoms with Crippen LogP contribution in [0.25, 0.3) is 10.9 Å². The summed E-state index contributed by atoms with van der Waals surface area (Å²) in [4.78, 5) is 23.9. The topological polar surface area (TPSA) is 98.6 Å². The van der Waals surface area contributed by atoms with Crippen LogP contribution in [0.4, 0.5) is 0 Å².